The molecule has 0 atom stereocenters. The van der Waals surface area contributed by atoms with E-state index < -0.39 is 12.6 Å². The van der Waals surface area contributed by atoms with Crippen LogP contribution < -0.4 is 10.1 Å². The number of unbranched alkanes of at least 4 members (excludes halogenated alkanes) is 1. The molecule has 0 heterocycles. The molecular formula is C36H35Cl2NO5. The lowest BCUT2D eigenvalue weighted by atomic mass is 9.94. The van der Waals surface area contributed by atoms with Gasteiger partial charge in [-0.25, -0.2) is 4.79 Å². The molecule has 6 nitrogen and oxygen atoms in total. The summed E-state index contributed by atoms with van der Waals surface area (Å²) in [4.78, 5) is 25.1. The fourth-order valence-corrected chi connectivity index (χ4v) is 5.56. The minimum absolute atomic E-state index is 0.0504. The fraction of sp³-hybridized carbons (Fsp3) is 0.278. The van der Waals surface area contributed by atoms with Crippen molar-refractivity contribution in [2.75, 3.05) is 26.4 Å². The highest BCUT2D eigenvalue weighted by molar-refractivity contribution is 6.31. The Morgan fingerprint density at radius 1 is 0.818 bits per heavy atom. The molecule has 4 aromatic rings. The van der Waals surface area contributed by atoms with Crippen molar-refractivity contribution in [1.29, 1.82) is 0 Å². The summed E-state index contributed by atoms with van der Waals surface area (Å²) in [6.45, 7) is 1.27. The van der Waals surface area contributed by atoms with Gasteiger partial charge >= 0.3 is 5.97 Å². The normalized spacial score (nSPS) is 13.3. The van der Waals surface area contributed by atoms with E-state index in [2.05, 4.69) is 29.6 Å². The quantitative estimate of drug-likeness (QED) is 0.129. The average molecular weight is 633 g/mol. The molecule has 8 heteroatoms. The van der Waals surface area contributed by atoms with Crippen molar-refractivity contribution in [3.8, 4) is 28.0 Å². The second kappa shape index (κ2) is 14.8. The van der Waals surface area contributed by atoms with Crippen molar-refractivity contribution in [3.63, 3.8) is 0 Å². The number of benzene rings is 4. The monoisotopic (exact) mass is 631 g/mol. The van der Waals surface area contributed by atoms with Gasteiger partial charge in [-0.3, -0.25) is 4.79 Å². The van der Waals surface area contributed by atoms with Crippen LogP contribution in [0.3, 0.4) is 0 Å². The molecule has 1 fully saturated rings. The van der Waals surface area contributed by atoms with Gasteiger partial charge in [0.05, 0.1) is 6.61 Å². The molecule has 2 N–H and O–H groups in total. The number of ether oxygens (including phenoxy) is 2. The Bertz CT molecular complexity index is 1540. The summed E-state index contributed by atoms with van der Waals surface area (Å²) in [5.74, 6) is -1.03. The van der Waals surface area contributed by atoms with Crippen LogP contribution >= 0.6 is 23.2 Å². The Balaban J connectivity index is 1.31. The summed E-state index contributed by atoms with van der Waals surface area (Å²) < 4.78 is 11.9. The highest BCUT2D eigenvalue weighted by Gasteiger charge is 2.43. The molecule has 0 saturated heterocycles. The van der Waals surface area contributed by atoms with Gasteiger partial charge in [0.15, 0.2) is 6.61 Å². The van der Waals surface area contributed by atoms with E-state index in [9.17, 15) is 14.7 Å². The minimum atomic E-state index is -1.12. The molecule has 4 aromatic carbocycles. The molecule has 228 valence electrons. The van der Waals surface area contributed by atoms with E-state index in [1.807, 2.05) is 18.2 Å². The highest BCUT2D eigenvalue weighted by Crippen LogP contribution is 2.45. The highest BCUT2D eigenvalue weighted by atomic mass is 35.5. The fourth-order valence-electron chi connectivity index (χ4n) is 5.18. The second-order valence-electron chi connectivity index (χ2n) is 11.3. The predicted octanol–water partition coefficient (Wildman–Crippen LogP) is 8.34. The summed E-state index contributed by atoms with van der Waals surface area (Å²) in [6.07, 6.45) is 5.11. The van der Waals surface area contributed by atoms with Gasteiger partial charge < -0.3 is 19.9 Å². The van der Waals surface area contributed by atoms with E-state index in [0.29, 0.717) is 63.4 Å². The first-order chi connectivity index (χ1) is 21.3. The number of nitrogens with one attached hydrogen (secondary N) is 1. The number of carbonyl (C=O) groups excluding carboxylic acids is 1. The zero-order chi connectivity index (χ0) is 30.9. The van der Waals surface area contributed by atoms with Crippen LogP contribution in [-0.4, -0.2) is 43.3 Å². The third-order valence-corrected chi connectivity index (χ3v) is 8.27. The Morgan fingerprint density at radius 2 is 1.45 bits per heavy atom. The van der Waals surface area contributed by atoms with E-state index in [4.69, 9.17) is 32.7 Å². The first-order valence-electron chi connectivity index (χ1n) is 14.8. The summed E-state index contributed by atoms with van der Waals surface area (Å²) >= 11 is 12.6. The Hall–Kier alpha value is -3.84. The summed E-state index contributed by atoms with van der Waals surface area (Å²) in [7, 11) is 0. The zero-order valence-corrected chi connectivity index (χ0v) is 25.9. The molecule has 44 heavy (non-hydrogen) atoms. The molecule has 0 aliphatic heterocycles. The van der Waals surface area contributed by atoms with Crippen molar-refractivity contribution in [1.82, 2.24) is 5.32 Å². The van der Waals surface area contributed by atoms with Gasteiger partial charge in [0.2, 0.25) is 0 Å². The largest absolute Gasteiger partial charge is 0.481 e. The summed E-state index contributed by atoms with van der Waals surface area (Å²) in [6, 6.07) is 28.2. The molecule has 1 saturated carbocycles. The number of hydrogen-bond donors (Lipinski definition) is 2. The van der Waals surface area contributed by atoms with Gasteiger partial charge in [0.25, 0.3) is 5.91 Å². The molecule has 1 amide bonds. The molecular weight excluding hydrogens is 597 g/mol. The number of hydrogen-bond acceptors (Lipinski definition) is 4. The van der Waals surface area contributed by atoms with Gasteiger partial charge in [-0.1, -0.05) is 77.8 Å². The second-order valence-corrected chi connectivity index (χ2v) is 12.2. The first-order valence-corrected chi connectivity index (χ1v) is 15.5. The van der Waals surface area contributed by atoms with Crippen LogP contribution in [0.25, 0.3) is 22.3 Å². The van der Waals surface area contributed by atoms with Crippen LogP contribution in [0.5, 0.6) is 5.75 Å². The number of amides is 1. The van der Waals surface area contributed by atoms with E-state index in [-0.39, 0.29) is 11.3 Å². The average Bonchev–Trinajstić information content (AvgIpc) is 3.80. The number of aliphatic carboxylic acids is 1. The van der Waals surface area contributed by atoms with Crippen LogP contribution in [0.15, 0.2) is 91.0 Å². The van der Waals surface area contributed by atoms with Crippen LogP contribution in [0.1, 0.15) is 41.6 Å². The van der Waals surface area contributed by atoms with Crippen molar-refractivity contribution in [2.24, 2.45) is 5.41 Å². The predicted molar refractivity (Wildman–Crippen MR) is 175 cm³/mol. The van der Waals surface area contributed by atoms with Gasteiger partial charge in [0, 0.05) is 45.3 Å². The van der Waals surface area contributed by atoms with E-state index >= 15 is 0 Å². The maximum absolute atomic E-state index is 13.6. The van der Waals surface area contributed by atoms with Gasteiger partial charge in [-0.2, -0.15) is 0 Å². The molecule has 5 rings (SSSR count). The van der Waals surface area contributed by atoms with Crippen molar-refractivity contribution >= 4 is 35.1 Å². The number of rotatable bonds is 15. The Morgan fingerprint density at radius 3 is 2.02 bits per heavy atom. The Kier molecular flexibility index (Phi) is 10.6. The third-order valence-electron chi connectivity index (χ3n) is 7.80. The Labute approximate surface area is 267 Å². The van der Waals surface area contributed by atoms with Crippen LogP contribution in [0.4, 0.5) is 0 Å². The van der Waals surface area contributed by atoms with E-state index in [0.717, 1.165) is 32.1 Å². The lowest BCUT2D eigenvalue weighted by Crippen LogP contribution is -2.32. The molecule has 0 bridgehead atoms. The van der Waals surface area contributed by atoms with Crippen molar-refractivity contribution in [2.45, 2.75) is 32.1 Å². The maximum atomic E-state index is 13.6. The van der Waals surface area contributed by atoms with Crippen LogP contribution in [-0.2, 0) is 16.0 Å². The molecule has 1 aliphatic rings. The van der Waals surface area contributed by atoms with E-state index in [1.54, 1.807) is 48.5 Å². The number of aryl methyl sites for hydroxylation is 1. The third kappa shape index (κ3) is 8.63. The van der Waals surface area contributed by atoms with E-state index in [1.165, 1.54) is 5.56 Å². The first kappa shape index (κ1) is 31.6. The van der Waals surface area contributed by atoms with Crippen molar-refractivity contribution < 1.29 is 24.2 Å². The number of carboxylic acids is 1. The summed E-state index contributed by atoms with van der Waals surface area (Å²) in [5.41, 5.74) is 4.19. The zero-order valence-electron chi connectivity index (χ0n) is 24.4. The molecule has 1 aliphatic carbocycles. The van der Waals surface area contributed by atoms with Crippen molar-refractivity contribution in [3.05, 3.63) is 112 Å². The van der Waals surface area contributed by atoms with Crippen LogP contribution in [0, 0.1) is 5.41 Å². The summed E-state index contributed by atoms with van der Waals surface area (Å²) in [5, 5.41) is 13.5. The number of halogens is 2. The number of carbonyl (C=O) groups is 2. The standard InChI is InChI=1S/C36H35Cl2NO5/c37-29-13-6-11-26(18-29)31-20-28(21-32(34(31)44-22-33(40)41)27-12-7-14-30(38)19-27)35(42)39-23-36(15-16-36)24-43-17-5-4-10-25-8-2-1-3-9-25/h1-3,6-9,11-14,18-21H,4-5,10,15-17,22-24H2,(H,39,42)(H,40,41). The molecule has 0 unspecified atom stereocenters. The lowest BCUT2D eigenvalue weighted by molar-refractivity contribution is -0.139. The number of carboxylic acid groups (broad SMARTS) is 1. The smallest absolute Gasteiger partial charge is 0.341 e. The SMILES string of the molecule is O=C(O)COc1c(-c2cccc(Cl)c2)cc(C(=O)NCC2(COCCCCc3ccccc3)CC2)cc1-c1cccc(Cl)c1. The molecule has 0 aromatic heterocycles. The molecule has 0 radical (unpaired) electrons. The molecule has 0 spiro atoms. The maximum Gasteiger partial charge on any atom is 0.341 e. The van der Waals surface area contributed by atoms with Crippen LogP contribution in [0.2, 0.25) is 10.0 Å². The lowest BCUT2D eigenvalue weighted by Gasteiger charge is -2.20. The van der Waals surface area contributed by atoms with Gasteiger partial charge in [-0.15, -0.1) is 0 Å². The van der Waals surface area contributed by atoms with Gasteiger partial charge in [0.1, 0.15) is 5.75 Å². The van der Waals surface area contributed by atoms with Gasteiger partial charge in [-0.05, 0) is 85.2 Å². The minimum Gasteiger partial charge on any atom is -0.481 e. The topological polar surface area (TPSA) is 84.9 Å².